The third-order valence-electron chi connectivity index (χ3n) is 7.03. The van der Waals surface area contributed by atoms with E-state index in [0.29, 0.717) is 11.7 Å². The number of fused-ring (bicyclic) bond motifs is 2. The Hall–Kier alpha value is -2.56. The summed E-state index contributed by atoms with van der Waals surface area (Å²) >= 11 is 0. The van der Waals surface area contributed by atoms with Crippen LogP contribution in [-0.4, -0.2) is 53.8 Å². The first-order valence-corrected chi connectivity index (χ1v) is 12.2. The Labute approximate surface area is 198 Å². The summed E-state index contributed by atoms with van der Waals surface area (Å²) in [5, 5.41) is 11.3. The number of hydrogen-bond acceptors (Lipinski definition) is 8. The van der Waals surface area contributed by atoms with Crippen LogP contribution in [0.2, 0.25) is 0 Å². The summed E-state index contributed by atoms with van der Waals surface area (Å²) in [4.78, 5) is 13.7. The standard InChI is InChI=1S/C24H33N7O3/c1-23(2,3)15-10-14(29-30-15)17-18-19(34-24(4,5)33-18)22(32-17)31-12-27-16-20(25-11-26-21(16)31)28-13-8-6-7-9-13/h10-13,17-19,22H,6-9H2,1-5H3,(H,29,30)(H,25,26,28)/t17-,18-,19-,22-/m1/s1. The van der Waals surface area contributed by atoms with E-state index in [1.807, 2.05) is 18.4 Å². The summed E-state index contributed by atoms with van der Waals surface area (Å²) in [7, 11) is 0. The zero-order chi connectivity index (χ0) is 23.7. The van der Waals surface area contributed by atoms with Crippen LogP contribution in [0.25, 0.3) is 11.2 Å². The first-order chi connectivity index (χ1) is 16.2. The van der Waals surface area contributed by atoms with Gasteiger partial charge in [0.05, 0.1) is 17.7 Å². The monoisotopic (exact) mass is 467 g/mol. The van der Waals surface area contributed by atoms with E-state index in [1.165, 1.54) is 12.8 Å². The van der Waals surface area contributed by atoms with Gasteiger partial charge in [0, 0.05) is 11.5 Å². The lowest BCUT2D eigenvalue weighted by molar-refractivity contribution is -0.197. The minimum atomic E-state index is -0.719. The van der Waals surface area contributed by atoms with Gasteiger partial charge in [-0.05, 0) is 32.8 Å². The molecule has 5 heterocycles. The fourth-order valence-corrected chi connectivity index (χ4v) is 5.32. The molecule has 0 radical (unpaired) electrons. The van der Waals surface area contributed by atoms with E-state index in [1.54, 1.807) is 12.7 Å². The fourth-order valence-electron chi connectivity index (χ4n) is 5.32. The number of nitrogens with zero attached hydrogens (tertiary/aromatic N) is 5. The molecule has 1 saturated carbocycles. The van der Waals surface area contributed by atoms with Gasteiger partial charge in [0.2, 0.25) is 0 Å². The van der Waals surface area contributed by atoms with E-state index in [-0.39, 0.29) is 23.7 Å². The Balaban J connectivity index is 1.35. The van der Waals surface area contributed by atoms with E-state index in [9.17, 15) is 0 Å². The van der Waals surface area contributed by atoms with E-state index in [2.05, 4.69) is 57.3 Å². The molecule has 3 aromatic heterocycles. The average molecular weight is 468 g/mol. The Bertz CT molecular complexity index is 1190. The molecule has 0 spiro atoms. The smallest absolute Gasteiger partial charge is 0.167 e. The van der Waals surface area contributed by atoms with E-state index < -0.39 is 12.0 Å². The lowest BCUT2D eigenvalue weighted by Gasteiger charge is -2.24. The molecule has 34 heavy (non-hydrogen) atoms. The molecule has 0 unspecified atom stereocenters. The minimum Gasteiger partial charge on any atom is -0.365 e. The zero-order valence-corrected chi connectivity index (χ0v) is 20.4. The Kier molecular flexibility index (Phi) is 4.98. The molecule has 0 bridgehead atoms. The molecule has 6 rings (SSSR count). The molecule has 3 aromatic rings. The molecule has 2 saturated heterocycles. The summed E-state index contributed by atoms with van der Waals surface area (Å²) in [5.74, 6) is 0.0531. The highest BCUT2D eigenvalue weighted by Crippen LogP contribution is 2.49. The molecule has 3 aliphatic rings. The van der Waals surface area contributed by atoms with Gasteiger partial charge in [-0.25, -0.2) is 15.0 Å². The lowest BCUT2D eigenvalue weighted by Crippen LogP contribution is -2.27. The van der Waals surface area contributed by atoms with Gasteiger partial charge in [-0.3, -0.25) is 9.67 Å². The first-order valence-electron chi connectivity index (χ1n) is 12.2. The van der Waals surface area contributed by atoms with Crippen molar-refractivity contribution in [2.45, 2.75) is 102 Å². The fraction of sp³-hybridized carbons (Fsp3) is 0.667. The minimum absolute atomic E-state index is 0.0708. The topological polar surface area (TPSA) is 112 Å². The highest BCUT2D eigenvalue weighted by molar-refractivity contribution is 5.82. The van der Waals surface area contributed by atoms with E-state index in [4.69, 9.17) is 14.2 Å². The van der Waals surface area contributed by atoms with Crippen LogP contribution in [0.5, 0.6) is 0 Å². The number of H-pyrrole nitrogens is 1. The Morgan fingerprint density at radius 1 is 1.09 bits per heavy atom. The molecular weight excluding hydrogens is 434 g/mol. The molecule has 1 aliphatic carbocycles. The molecule has 182 valence electrons. The van der Waals surface area contributed by atoms with Crippen LogP contribution in [0, 0.1) is 0 Å². The van der Waals surface area contributed by atoms with Crippen molar-refractivity contribution >= 4 is 17.0 Å². The molecule has 0 amide bonds. The van der Waals surface area contributed by atoms with Gasteiger partial charge in [-0.2, -0.15) is 5.10 Å². The van der Waals surface area contributed by atoms with Crippen LogP contribution in [-0.2, 0) is 19.6 Å². The van der Waals surface area contributed by atoms with Gasteiger partial charge >= 0.3 is 0 Å². The van der Waals surface area contributed by atoms with Crippen molar-refractivity contribution in [2.75, 3.05) is 5.32 Å². The molecule has 10 nitrogen and oxygen atoms in total. The van der Waals surface area contributed by atoms with Crippen LogP contribution < -0.4 is 5.32 Å². The second kappa shape index (κ2) is 7.73. The number of ether oxygens (including phenoxy) is 3. The van der Waals surface area contributed by atoms with Gasteiger partial charge in [0.25, 0.3) is 0 Å². The summed E-state index contributed by atoms with van der Waals surface area (Å²) < 4.78 is 21.2. The normalized spacial score (nSPS) is 29.2. The first kappa shape index (κ1) is 21.9. The summed E-state index contributed by atoms with van der Waals surface area (Å²) in [6, 6.07) is 2.50. The second-order valence-corrected chi connectivity index (χ2v) is 11.1. The average Bonchev–Trinajstić information content (AvgIpc) is 3.55. The molecule has 2 N–H and O–H groups in total. The second-order valence-electron chi connectivity index (χ2n) is 11.1. The van der Waals surface area contributed by atoms with Gasteiger partial charge in [0.1, 0.15) is 24.6 Å². The number of aromatic amines is 1. The van der Waals surface area contributed by atoms with E-state index >= 15 is 0 Å². The maximum Gasteiger partial charge on any atom is 0.167 e. The van der Waals surface area contributed by atoms with Crippen molar-refractivity contribution in [3.8, 4) is 0 Å². The molecular formula is C24H33N7O3. The summed E-state index contributed by atoms with van der Waals surface area (Å²) in [6.45, 7) is 10.3. The number of hydrogen-bond donors (Lipinski definition) is 2. The highest BCUT2D eigenvalue weighted by Gasteiger charge is 2.57. The summed E-state index contributed by atoms with van der Waals surface area (Å²) in [6.07, 6.45) is 6.76. The highest BCUT2D eigenvalue weighted by atomic mass is 16.8. The summed E-state index contributed by atoms with van der Waals surface area (Å²) in [5.41, 5.74) is 3.25. The van der Waals surface area contributed by atoms with Crippen molar-refractivity contribution in [3.05, 3.63) is 30.1 Å². The van der Waals surface area contributed by atoms with Crippen LogP contribution >= 0.6 is 0 Å². The van der Waals surface area contributed by atoms with Gasteiger partial charge in [-0.15, -0.1) is 0 Å². The number of anilines is 1. The van der Waals surface area contributed by atoms with Crippen molar-refractivity contribution < 1.29 is 14.2 Å². The Morgan fingerprint density at radius 3 is 2.59 bits per heavy atom. The van der Waals surface area contributed by atoms with Crippen LogP contribution in [0.15, 0.2) is 18.7 Å². The zero-order valence-electron chi connectivity index (χ0n) is 20.4. The van der Waals surface area contributed by atoms with Crippen molar-refractivity contribution in [2.24, 2.45) is 0 Å². The number of imidazole rings is 1. The number of rotatable bonds is 4. The van der Waals surface area contributed by atoms with Crippen LogP contribution in [0.3, 0.4) is 0 Å². The van der Waals surface area contributed by atoms with Gasteiger partial charge < -0.3 is 19.5 Å². The third-order valence-corrected chi connectivity index (χ3v) is 7.03. The molecule has 0 aromatic carbocycles. The maximum atomic E-state index is 6.58. The van der Waals surface area contributed by atoms with Gasteiger partial charge in [-0.1, -0.05) is 33.6 Å². The molecule has 2 aliphatic heterocycles. The SMILES string of the molecule is CC1(C)O[C@@H]2[C@H](O1)[C@@H](c1cc(C(C)(C)C)n[nH]1)O[C@H]2n1cnc2c(NC3CCCC3)ncnc21. The maximum absolute atomic E-state index is 6.58. The number of aromatic nitrogens is 6. The van der Waals surface area contributed by atoms with E-state index in [0.717, 1.165) is 35.6 Å². The largest absolute Gasteiger partial charge is 0.365 e. The Morgan fingerprint density at radius 2 is 1.85 bits per heavy atom. The van der Waals surface area contributed by atoms with Crippen molar-refractivity contribution in [1.29, 1.82) is 0 Å². The number of nitrogens with one attached hydrogen (secondary N) is 2. The van der Waals surface area contributed by atoms with Crippen molar-refractivity contribution in [3.63, 3.8) is 0 Å². The molecule has 10 heteroatoms. The van der Waals surface area contributed by atoms with Crippen LogP contribution in [0.1, 0.15) is 84.0 Å². The third kappa shape index (κ3) is 3.68. The predicted molar refractivity (Wildman–Crippen MR) is 125 cm³/mol. The molecule has 3 fully saturated rings. The van der Waals surface area contributed by atoms with Crippen LogP contribution in [0.4, 0.5) is 5.82 Å². The molecule has 4 atom stereocenters. The predicted octanol–water partition coefficient (Wildman–Crippen LogP) is 3.99. The van der Waals surface area contributed by atoms with Gasteiger partial charge in [0.15, 0.2) is 29.0 Å². The quantitative estimate of drug-likeness (QED) is 0.592. The van der Waals surface area contributed by atoms with Crippen molar-refractivity contribution in [1.82, 2.24) is 29.7 Å². The lowest BCUT2D eigenvalue weighted by atomic mass is 9.92.